The predicted octanol–water partition coefficient (Wildman–Crippen LogP) is 1.61. The van der Waals surface area contributed by atoms with Gasteiger partial charge >= 0.3 is 0 Å². The summed E-state index contributed by atoms with van der Waals surface area (Å²) >= 11 is 5.90. The third-order valence-corrected chi connectivity index (χ3v) is 3.89. The molecule has 1 aromatic carbocycles. The number of aryl methyl sites for hydroxylation is 1. The summed E-state index contributed by atoms with van der Waals surface area (Å²) in [6.45, 7) is 0.578. The average Bonchev–Trinajstić information content (AvgIpc) is 3.03. The predicted molar refractivity (Wildman–Crippen MR) is 82.9 cm³/mol. The highest BCUT2D eigenvalue weighted by Crippen LogP contribution is 2.21. The van der Waals surface area contributed by atoms with Crippen LogP contribution >= 0.6 is 11.6 Å². The normalized spacial score (nSPS) is 17.8. The number of benzene rings is 1. The first kappa shape index (κ1) is 14.6. The van der Waals surface area contributed by atoms with E-state index in [4.69, 9.17) is 11.6 Å². The molecule has 0 radical (unpaired) electrons. The van der Waals surface area contributed by atoms with Gasteiger partial charge in [0.1, 0.15) is 6.04 Å². The molecule has 0 aliphatic carbocycles. The van der Waals surface area contributed by atoms with E-state index in [0.29, 0.717) is 13.0 Å². The minimum absolute atomic E-state index is 0.112. The minimum atomic E-state index is -0.538. The van der Waals surface area contributed by atoms with Crippen molar-refractivity contribution in [1.82, 2.24) is 15.1 Å². The highest BCUT2D eigenvalue weighted by Gasteiger charge is 2.34. The lowest BCUT2D eigenvalue weighted by atomic mass is 10.2. The van der Waals surface area contributed by atoms with Crippen LogP contribution in [0.1, 0.15) is 16.8 Å². The van der Waals surface area contributed by atoms with E-state index in [1.807, 2.05) is 30.3 Å². The van der Waals surface area contributed by atoms with E-state index < -0.39 is 6.04 Å². The van der Waals surface area contributed by atoms with Crippen molar-refractivity contribution in [1.29, 1.82) is 0 Å². The molecule has 0 spiro atoms. The van der Waals surface area contributed by atoms with Gasteiger partial charge in [0.25, 0.3) is 5.91 Å². The molecule has 1 unspecified atom stereocenters. The lowest BCUT2D eigenvalue weighted by molar-refractivity contribution is -0.118. The fourth-order valence-corrected chi connectivity index (χ4v) is 2.78. The standard InChI is InChI=1S/C15H15ClN4O2/c1-19-9-11(13(16)18-19)14(21)17-12-7-8-20(15(12)22)10-5-3-2-4-6-10/h2-6,9,12H,7-8H2,1H3,(H,17,21). The first-order valence-corrected chi connectivity index (χ1v) is 7.30. The van der Waals surface area contributed by atoms with Crippen LogP contribution in [0.4, 0.5) is 5.69 Å². The molecule has 1 saturated heterocycles. The van der Waals surface area contributed by atoms with E-state index in [1.165, 1.54) is 10.9 Å². The molecule has 3 rings (SSSR count). The van der Waals surface area contributed by atoms with Gasteiger partial charge in [0.05, 0.1) is 5.56 Å². The Kier molecular flexibility index (Phi) is 3.85. The molecule has 0 saturated carbocycles. The van der Waals surface area contributed by atoms with Gasteiger partial charge in [-0.3, -0.25) is 14.3 Å². The Balaban J connectivity index is 1.71. The summed E-state index contributed by atoms with van der Waals surface area (Å²) in [4.78, 5) is 26.3. The van der Waals surface area contributed by atoms with Crippen molar-refractivity contribution in [3.8, 4) is 0 Å². The molecular formula is C15H15ClN4O2. The molecule has 114 valence electrons. The number of hydrogen-bond acceptors (Lipinski definition) is 3. The highest BCUT2D eigenvalue weighted by atomic mass is 35.5. The van der Waals surface area contributed by atoms with Crippen LogP contribution < -0.4 is 10.2 Å². The molecule has 1 fully saturated rings. The second-order valence-corrected chi connectivity index (χ2v) is 5.51. The van der Waals surface area contributed by atoms with Crippen LogP contribution in [0.3, 0.4) is 0 Å². The summed E-state index contributed by atoms with van der Waals surface area (Å²) in [5.41, 5.74) is 1.11. The fourth-order valence-electron chi connectivity index (χ4n) is 2.53. The minimum Gasteiger partial charge on any atom is -0.340 e. The number of halogens is 1. The average molecular weight is 319 g/mol. The quantitative estimate of drug-likeness (QED) is 0.935. The van der Waals surface area contributed by atoms with Gasteiger partial charge in [-0.2, -0.15) is 5.10 Å². The van der Waals surface area contributed by atoms with Gasteiger partial charge in [-0.1, -0.05) is 29.8 Å². The van der Waals surface area contributed by atoms with Gasteiger partial charge in [-0.25, -0.2) is 0 Å². The number of nitrogens with one attached hydrogen (secondary N) is 1. The van der Waals surface area contributed by atoms with Crippen LogP contribution in [0.2, 0.25) is 5.15 Å². The van der Waals surface area contributed by atoms with Crippen molar-refractivity contribution >= 4 is 29.1 Å². The maximum absolute atomic E-state index is 12.4. The highest BCUT2D eigenvalue weighted by molar-refractivity contribution is 6.32. The van der Waals surface area contributed by atoms with Crippen LogP contribution in [-0.4, -0.2) is 34.2 Å². The van der Waals surface area contributed by atoms with Gasteiger partial charge in [-0.05, 0) is 18.6 Å². The molecular weight excluding hydrogens is 304 g/mol. The number of anilines is 1. The summed E-state index contributed by atoms with van der Waals surface area (Å²) < 4.78 is 1.46. The molecule has 1 aliphatic heterocycles. The topological polar surface area (TPSA) is 67.2 Å². The molecule has 22 heavy (non-hydrogen) atoms. The lowest BCUT2D eigenvalue weighted by Crippen LogP contribution is -2.41. The molecule has 1 aromatic heterocycles. The van der Waals surface area contributed by atoms with E-state index in [9.17, 15) is 9.59 Å². The largest absolute Gasteiger partial charge is 0.340 e. The van der Waals surface area contributed by atoms with Crippen LogP contribution in [0.25, 0.3) is 0 Å². The van der Waals surface area contributed by atoms with Gasteiger partial charge < -0.3 is 10.2 Å². The van der Waals surface area contributed by atoms with Crippen molar-refractivity contribution in [2.75, 3.05) is 11.4 Å². The smallest absolute Gasteiger partial charge is 0.256 e. The Morgan fingerprint density at radius 1 is 1.36 bits per heavy atom. The first-order chi connectivity index (χ1) is 10.6. The number of aromatic nitrogens is 2. The van der Waals surface area contributed by atoms with Gasteiger partial charge in [0, 0.05) is 25.5 Å². The van der Waals surface area contributed by atoms with Crippen LogP contribution in [-0.2, 0) is 11.8 Å². The van der Waals surface area contributed by atoms with Crippen molar-refractivity contribution in [2.24, 2.45) is 7.05 Å². The Morgan fingerprint density at radius 3 is 2.73 bits per heavy atom. The molecule has 2 heterocycles. The lowest BCUT2D eigenvalue weighted by Gasteiger charge is -2.17. The van der Waals surface area contributed by atoms with E-state index >= 15 is 0 Å². The molecule has 2 aromatic rings. The van der Waals surface area contributed by atoms with Crippen molar-refractivity contribution in [3.05, 3.63) is 47.2 Å². The molecule has 0 bridgehead atoms. The second-order valence-electron chi connectivity index (χ2n) is 5.15. The fraction of sp³-hybridized carbons (Fsp3) is 0.267. The third kappa shape index (κ3) is 2.69. The third-order valence-electron chi connectivity index (χ3n) is 3.61. The molecule has 6 nitrogen and oxygen atoms in total. The van der Waals surface area contributed by atoms with Crippen LogP contribution in [0.15, 0.2) is 36.5 Å². The molecule has 1 N–H and O–H groups in total. The number of hydrogen-bond donors (Lipinski definition) is 1. The Hall–Kier alpha value is -2.34. The molecule has 1 atom stereocenters. The van der Waals surface area contributed by atoms with E-state index in [0.717, 1.165) is 5.69 Å². The van der Waals surface area contributed by atoms with Crippen molar-refractivity contribution in [2.45, 2.75) is 12.5 Å². The maximum Gasteiger partial charge on any atom is 0.256 e. The summed E-state index contributed by atoms with van der Waals surface area (Å²) in [5.74, 6) is -0.495. The molecule has 7 heteroatoms. The zero-order valence-corrected chi connectivity index (χ0v) is 12.7. The molecule has 1 aliphatic rings. The number of carbonyl (C=O) groups excluding carboxylic acids is 2. The summed E-state index contributed by atoms with van der Waals surface area (Å²) in [5, 5.41) is 6.78. The van der Waals surface area contributed by atoms with E-state index in [-0.39, 0.29) is 22.5 Å². The monoisotopic (exact) mass is 318 g/mol. The second kappa shape index (κ2) is 5.81. The summed E-state index contributed by atoms with van der Waals surface area (Å²) in [6.07, 6.45) is 2.10. The van der Waals surface area contributed by atoms with Crippen LogP contribution in [0.5, 0.6) is 0 Å². The molecule has 2 amide bonds. The summed E-state index contributed by atoms with van der Waals surface area (Å²) in [6, 6.07) is 8.87. The zero-order valence-electron chi connectivity index (χ0n) is 12.0. The number of rotatable bonds is 3. The van der Waals surface area contributed by atoms with Gasteiger partial charge in [-0.15, -0.1) is 0 Å². The van der Waals surface area contributed by atoms with Gasteiger partial charge in [0.2, 0.25) is 5.91 Å². The van der Waals surface area contributed by atoms with E-state index in [1.54, 1.807) is 11.9 Å². The maximum atomic E-state index is 12.4. The first-order valence-electron chi connectivity index (χ1n) is 6.92. The zero-order chi connectivity index (χ0) is 15.7. The number of nitrogens with zero attached hydrogens (tertiary/aromatic N) is 3. The van der Waals surface area contributed by atoms with E-state index in [2.05, 4.69) is 10.4 Å². The van der Waals surface area contributed by atoms with Gasteiger partial charge in [0.15, 0.2) is 5.15 Å². The SMILES string of the molecule is Cn1cc(C(=O)NC2CCN(c3ccccc3)C2=O)c(Cl)n1. The van der Waals surface area contributed by atoms with Crippen molar-refractivity contribution in [3.63, 3.8) is 0 Å². The Bertz CT molecular complexity index is 714. The number of para-hydroxylation sites is 1. The number of carbonyl (C=O) groups is 2. The Morgan fingerprint density at radius 2 is 2.09 bits per heavy atom. The number of amides is 2. The Labute approximate surface area is 132 Å². The van der Waals surface area contributed by atoms with Crippen LogP contribution in [0, 0.1) is 0 Å². The summed E-state index contributed by atoms with van der Waals surface area (Å²) in [7, 11) is 1.68. The van der Waals surface area contributed by atoms with Crippen molar-refractivity contribution < 1.29 is 9.59 Å².